The van der Waals surface area contributed by atoms with Gasteiger partial charge in [-0.05, 0) is 51.6 Å². The van der Waals surface area contributed by atoms with Crippen LogP contribution >= 0.6 is 0 Å². The molecule has 0 saturated heterocycles. The van der Waals surface area contributed by atoms with Crippen LogP contribution in [0.5, 0.6) is 0 Å². The van der Waals surface area contributed by atoms with Gasteiger partial charge in [-0.1, -0.05) is 13.3 Å². The van der Waals surface area contributed by atoms with Crippen molar-refractivity contribution in [1.82, 2.24) is 4.90 Å². The van der Waals surface area contributed by atoms with Gasteiger partial charge in [-0.25, -0.2) is 4.39 Å². The highest BCUT2D eigenvalue weighted by atomic mass is 19.1. The molecule has 0 aliphatic rings. The maximum atomic E-state index is 13.5. The lowest BCUT2D eigenvalue weighted by Gasteiger charge is -2.24. The number of hydrogen-bond donors (Lipinski definition) is 2. The number of halogens is 1. The van der Waals surface area contributed by atoms with Crippen molar-refractivity contribution >= 4 is 17.3 Å². The van der Waals surface area contributed by atoms with Crippen LogP contribution in [0.25, 0.3) is 0 Å². The number of hydrogen-bond acceptors (Lipinski definition) is 3. The Morgan fingerprint density at radius 1 is 1.48 bits per heavy atom. The molecule has 0 saturated carbocycles. The lowest BCUT2D eigenvalue weighted by atomic mass is 10.1. The standard InChI is InChI=1S/C16H26FN3O/c1-4-6-12(2)20(3)10-5-7-16(21)19-15-11-13(18)8-9-14(15)17/h8-9,11-12H,4-7,10,18H2,1-3H3,(H,19,21). The summed E-state index contributed by atoms with van der Waals surface area (Å²) in [4.78, 5) is 14.1. The molecule has 1 unspecified atom stereocenters. The zero-order chi connectivity index (χ0) is 15.8. The van der Waals surface area contributed by atoms with Crippen molar-refractivity contribution in [3.63, 3.8) is 0 Å². The predicted octanol–water partition coefficient (Wildman–Crippen LogP) is 3.25. The molecular weight excluding hydrogens is 269 g/mol. The van der Waals surface area contributed by atoms with E-state index < -0.39 is 5.82 Å². The number of nitrogen functional groups attached to an aromatic ring is 1. The van der Waals surface area contributed by atoms with E-state index in [0.29, 0.717) is 18.2 Å². The first kappa shape index (κ1) is 17.4. The Labute approximate surface area is 126 Å². The monoisotopic (exact) mass is 295 g/mol. The molecule has 1 amide bonds. The van der Waals surface area contributed by atoms with Gasteiger partial charge in [-0.2, -0.15) is 0 Å². The summed E-state index contributed by atoms with van der Waals surface area (Å²) in [6.07, 6.45) is 3.43. The van der Waals surface area contributed by atoms with Crippen LogP contribution in [0, 0.1) is 5.82 Å². The van der Waals surface area contributed by atoms with E-state index >= 15 is 0 Å². The van der Waals surface area contributed by atoms with Crippen LogP contribution in [0.3, 0.4) is 0 Å². The zero-order valence-corrected chi connectivity index (χ0v) is 13.2. The van der Waals surface area contributed by atoms with Crippen molar-refractivity contribution in [2.75, 3.05) is 24.6 Å². The summed E-state index contributed by atoms with van der Waals surface area (Å²) in [7, 11) is 2.07. The molecule has 0 aliphatic heterocycles. The van der Waals surface area contributed by atoms with E-state index in [4.69, 9.17) is 5.73 Å². The Bertz CT molecular complexity index is 465. The van der Waals surface area contributed by atoms with Crippen LogP contribution in [0.1, 0.15) is 39.5 Å². The summed E-state index contributed by atoms with van der Waals surface area (Å²) in [5.41, 5.74) is 6.16. The van der Waals surface area contributed by atoms with Crippen molar-refractivity contribution in [2.24, 2.45) is 0 Å². The van der Waals surface area contributed by atoms with Gasteiger partial charge in [-0.3, -0.25) is 4.79 Å². The quantitative estimate of drug-likeness (QED) is 0.724. The molecular formula is C16H26FN3O. The molecule has 21 heavy (non-hydrogen) atoms. The van der Waals surface area contributed by atoms with Crippen LogP contribution in [0.4, 0.5) is 15.8 Å². The molecule has 5 heteroatoms. The predicted molar refractivity (Wildman–Crippen MR) is 85.7 cm³/mol. The average Bonchev–Trinajstić information content (AvgIpc) is 2.43. The van der Waals surface area contributed by atoms with E-state index in [9.17, 15) is 9.18 Å². The molecule has 1 rings (SSSR count). The van der Waals surface area contributed by atoms with Gasteiger partial charge < -0.3 is 16.0 Å². The molecule has 0 bridgehead atoms. The average molecular weight is 295 g/mol. The lowest BCUT2D eigenvalue weighted by Crippen LogP contribution is -2.30. The van der Waals surface area contributed by atoms with Gasteiger partial charge in [0.05, 0.1) is 5.69 Å². The van der Waals surface area contributed by atoms with E-state index in [1.807, 2.05) is 0 Å². The Kier molecular flexibility index (Phi) is 7.15. The van der Waals surface area contributed by atoms with Crippen LogP contribution < -0.4 is 11.1 Å². The summed E-state index contributed by atoms with van der Waals surface area (Å²) in [6, 6.07) is 4.67. The molecule has 3 N–H and O–H groups in total. The Morgan fingerprint density at radius 2 is 2.19 bits per heavy atom. The van der Waals surface area contributed by atoms with E-state index in [0.717, 1.165) is 25.8 Å². The van der Waals surface area contributed by atoms with Crippen LogP contribution in [0.2, 0.25) is 0 Å². The molecule has 0 aliphatic carbocycles. The van der Waals surface area contributed by atoms with Gasteiger partial charge in [0, 0.05) is 18.2 Å². The highest BCUT2D eigenvalue weighted by Gasteiger charge is 2.10. The summed E-state index contributed by atoms with van der Waals surface area (Å²) in [5.74, 6) is -0.651. The van der Waals surface area contributed by atoms with Gasteiger partial charge in [0.25, 0.3) is 0 Å². The largest absolute Gasteiger partial charge is 0.399 e. The molecule has 1 aromatic rings. The number of amides is 1. The van der Waals surface area contributed by atoms with Crippen molar-refractivity contribution in [3.8, 4) is 0 Å². The van der Waals surface area contributed by atoms with E-state index in [-0.39, 0.29) is 11.6 Å². The third kappa shape index (κ3) is 6.12. The van der Waals surface area contributed by atoms with Crippen molar-refractivity contribution in [3.05, 3.63) is 24.0 Å². The molecule has 0 heterocycles. The fourth-order valence-corrected chi connectivity index (χ4v) is 2.20. The topological polar surface area (TPSA) is 58.4 Å². The van der Waals surface area contributed by atoms with Crippen LogP contribution in [-0.4, -0.2) is 30.4 Å². The molecule has 1 atom stereocenters. The summed E-state index contributed by atoms with van der Waals surface area (Å²) in [6.45, 7) is 5.21. The van der Waals surface area contributed by atoms with Crippen LogP contribution in [-0.2, 0) is 4.79 Å². The number of benzene rings is 1. The van der Waals surface area contributed by atoms with Crippen LogP contribution in [0.15, 0.2) is 18.2 Å². The molecule has 4 nitrogen and oxygen atoms in total. The molecule has 0 aromatic heterocycles. The first-order chi connectivity index (χ1) is 9.93. The number of rotatable bonds is 8. The minimum atomic E-state index is -0.466. The minimum Gasteiger partial charge on any atom is -0.399 e. The van der Waals surface area contributed by atoms with Crippen molar-refractivity contribution in [1.29, 1.82) is 0 Å². The summed E-state index contributed by atoms with van der Waals surface area (Å²) in [5, 5.41) is 2.57. The van der Waals surface area contributed by atoms with E-state index in [1.54, 1.807) is 0 Å². The lowest BCUT2D eigenvalue weighted by molar-refractivity contribution is -0.116. The Hall–Kier alpha value is -1.62. The number of carbonyl (C=O) groups excluding carboxylic acids is 1. The number of anilines is 2. The van der Waals surface area contributed by atoms with Crippen molar-refractivity contribution in [2.45, 2.75) is 45.6 Å². The highest BCUT2D eigenvalue weighted by molar-refractivity contribution is 5.91. The molecule has 1 aromatic carbocycles. The highest BCUT2D eigenvalue weighted by Crippen LogP contribution is 2.17. The second-order valence-corrected chi connectivity index (χ2v) is 5.51. The SMILES string of the molecule is CCCC(C)N(C)CCCC(=O)Nc1cc(N)ccc1F. The van der Waals surface area contributed by atoms with E-state index in [1.165, 1.54) is 18.2 Å². The number of nitrogens with two attached hydrogens (primary N) is 1. The Balaban J connectivity index is 2.36. The molecule has 0 radical (unpaired) electrons. The molecule has 0 spiro atoms. The summed E-state index contributed by atoms with van der Waals surface area (Å²) < 4.78 is 13.5. The molecule has 0 fully saturated rings. The number of nitrogens with zero attached hydrogens (tertiary/aromatic N) is 1. The first-order valence-corrected chi connectivity index (χ1v) is 7.49. The van der Waals surface area contributed by atoms with Gasteiger partial charge >= 0.3 is 0 Å². The second kappa shape index (κ2) is 8.62. The van der Waals surface area contributed by atoms with Gasteiger partial charge in [0.1, 0.15) is 5.82 Å². The smallest absolute Gasteiger partial charge is 0.224 e. The minimum absolute atomic E-state index is 0.146. The fourth-order valence-electron chi connectivity index (χ4n) is 2.20. The second-order valence-electron chi connectivity index (χ2n) is 5.51. The number of carbonyl (C=O) groups is 1. The maximum absolute atomic E-state index is 13.5. The summed E-state index contributed by atoms with van der Waals surface area (Å²) >= 11 is 0. The third-order valence-electron chi connectivity index (χ3n) is 3.64. The van der Waals surface area contributed by atoms with E-state index in [2.05, 4.69) is 31.1 Å². The Morgan fingerprint density at radius 3 is 2.86 bits per heavy atom. The van der Waals surface area contributed by atoms with Gasteiger partial charge in [0.2, 0.25) is 5.91 Å². The zero-order valence-electron chi connectivity index (χ0n) is 13.2. The van der Waals surface area contributed by atoms with Crippen molar-refractivity contribution < 1.29 is 9.18 Å². The van der Waals surface area contributed by atoms with Gasteiger partial charge in [0.15, 0.2) is 0 Å². The molecule has 118 valence electrons. The first-order valence-electron chi connectivity index (χ1n) is 7.49. The maximum Gasteiger partial charge on any atom is 0.224 e. The van der Waals surface area contributed by atoms with Gasteiger partial charge in [-0.15, -0.1) is 0 Å². The third-order valence-corrected chi connectivity index (χ3v) is 3.64. The normalized spacial score (nSPS) is 12.4. The fraction of sp³-hybridized carbons (Fsp3) is 0.562. The number of nitrogens with one attached hydrogen (secondary N) is 1.